The summed E-state index contributed by atoms with van der Waals surface area (Å²) in [6.07, 6.45) is 20.8. The van der Waals surface area contributed by atoms with Gasteiger partial charge in [-0.15, -0.1) is 0 Å². The van der Waals surface area contributed by atoms with Crippen LogP contribution in [0.4, 0.5) is 0 Å². The van der Waals surface area contributed by atoms with Gasteiger partial charge < -0.3 is 9.90 Å². The number of imidazole rings is 1. The molecule has 0 bridgehead atoms. The Hall–Kier alpha value is -1.32. The molecular weight excluding hydrogens is 300 g/mol. The molecule has 0 unspecified atom stereocenters. The first-order valence-corrected chi connectivity index (χ1v) is 9.93. The van der Waals surface area contributed by atoms with Gasteiger partial charge in [-0.1, -0.05) is 77.6 Å². The Morgan fingerprint density at radius 2 is 1.38 bits per heavy atom. The van der Waals surface area contributed by atoms with Gasteiger partial charge in [-0.25, -0.2) is 9.13 Å². The topological polar surface area (TPSA) is 48.9 Å². The molecule has 24 heavy (non-hydrogen) atoms. The Morgan fingerprint density at radius 3 is 1.83 bits per heavy atom. The summed E-state index contributed by atoms with van der Waals surface area (Å²) in [6, 6.07) is 0. The zero-order chi connectivity index (χ0) is 17.6. The van der Waals surface area contributed by atoms with E-state index in [1.807, 2.05) is 6.20 Å². The molecule has 0 radical (unpaired) electrons. The van der Waals surface area contributed by atoms with Crippen LogP contribution in [0, 0.1) is 0 Å². The van der Waals surface area contributed by atoms with Crippen molar-refractivity contribution in [2.24, 2.45) is 7.05 Å². The standard InChI is InChI=1S/C20H36N2O2/c1-3-4-5-6-7-8-9-10-11-12-13-14-15-16-22-18-17-21(2)19(22)20(23)24/h17-18H,3-16H2,1-2H3. The average molecular weight is 337 g/mol. The number of hydrogen-bond acceptors (Lipinski definition) is 2. The molecular formula is C20H36N2O2. The summed E-state index contributed by atoms with van der Waals surface area (Å²) in [7, 11) is 1.74. The maximum absolute atomic E-state index is 11.1. The highest BCUT2D eigenvalue weighted by atomic mass is 16.4. The van der Waals surface area contributed by atoms with Crippen LogP contribution in [0.2, 0.25) is 0 Å². The van der Waals surface area contributed by atoms with Crippen LogP contribution in [0.1, 0.15) is 101 Å². The predicted octanol–water partition coefficient (Wildman–Crippen LogP) is 3.77. The lowest BCUT2D eigenvalue weighted by atomic mass is 10.0. The molecule has 0 aliphatic rings. The van der Waals surface area contributed by atoms with E-state index in [-0.39, 0.29) is 5.82 Å². The first-order valence-electron chi connectivity index (χ1n) is 9.93. The van der Waals surface area contributed by atoms with Crippen LogP contribution in [-0.2, 0) is 13.6 Å². The summed E-state index contributed by atoms with van der Waals surface area (Å²) >= 11 is 0. The van der Waals surface area contributed by atoms with Crippen molar-refractivity contribution in [2.45, 2.75) is 96.9 Å². The molecule has 1 rings (SSSR count). The minimum absolute atomic E-state index is 0.258. The van der Waals surface area contributed by atoms with Gasteiger partial charge in [0.25, 0.3) is 0 Å². The molecule has 0 amide bonds. The van der Waals surface area contributed by atoms with E-state index < -0.39 is 5.97 Å². The molecule has 0 aromatic carbocycles. The maximum Gasteiger partial charge on any atom is 0.304 e. The largest absolute Gasteiger partial charge is 0.538 e. The van der Waals surface area contributed by atoms with Crippen LogP contribution in [0.3, 0.4) is 0 Å². The molecule has 0 fully saturated rings. The minimum Gasteiger partial charge on any atom is -0.538 e. The van der Waals surface area contributed by atoms with E-state index in [1.54, 1.807) is 22.4 Å². The van der Waals surface area contributed by atoms with Gasteiger partial charge in [-0.3, -0.25) is 0 Å². The van der Waals surface area contributed by atoms with Gasteiger partial charge >= 0.3 is 5.82 Å². The molecule has 0 saturated heterocycles. The molecule has 138 valence electrons. The number of aryl methyl sites for hydroxylation is 2. The fourth-order valence-electron chi connectivity index (χ4n) is 3.27. The Kier molecular flexibility index (Phi) is 11.2. The molecule has 0 aliphatic carbocycles. The zero-order valence-electron chi connectivity index (χ0n) is 15.8. The number of carbonyl (C=O) groups excluding carboxylic acids is 1. The summed E-state index contributed by atoms with van der Waals surface area (Å²) in [6.45, 7) is 3.03. The Labute approximate surface area is 147 Å². The second kappa shape index (κ2) is 13.0. The first-order chi connectivity index (χ1) is 11.7. The fraction of sp³-hybridized carbons (Fsp3) is 0.800. The van der Waals surface area contributed by atoms with Crippen LogP contribution >= 0.6 is 0 Å². The van der Waals surface area contributed by atoms with Crippen LogP contribution < -0.4 is 9.67 Å². The second-order valence-electron chi connectivity index (χ2n) is 6.96. The van der Waals surface area contributed by atoms with Crippen molar-refractivity contribution in [3.63, 3.8) is 0 Å². The molecule has 0 spiro atoms. The number of rotatable bonds is 15. The van der Waals surface area contributed by atoms with Crippen molar-refractivity contribution in [3.05, 3.63) is 18.2 Å². The van der Waals surface area contributed by atoms with Gasteiger partial charge in [-0.2, -0.15) is 0 Å². The van der Waals surface area contributed by atoms with Crippen molar-refractivity contribution in [3.8, 4) is 0 Å². The Morgan fingerprint density at radius 1 is 0.917 bits per heavy atom. The number of hydrogen-bond donors (Lipinski definition) is 0. The maximum atomic E-state index is 11.1. The van der Waals surface area contributed by atoms with Gasteiger partial charge in [0.05, 0.1) is 13.6 Å². The van der Waals surface area contributed by atoms with Gasteiger partial charge in [0.2, 0.25) is 0 Å². The SMILES string of the molecule is CCCCCCCCCCCCCCCn1cc[n+](C)c1C(=O)[O-]. The van der Waals surface area contributed by atoms with Crippen LogP contribution in [0.15, 0.2) is 12.4 Å². The van der Waals surface area contributed by atoms with Gasteiger partial charge in [0.15, 0.2) is 5.97 Å². The van der Waals surface area contributed by atoms with Crippen molar-refractivity contribution in [1.29, 1.82) is 0 Å². The lowest BCUT2D eigenvalue weighted by Crippen LogP contribution is -2.41. The zero-order valence-corrected chi connectivity index (χ0v) is 15.8. The monoisotopic (exact) mass is 336 g/mol. The van der Waals surface area contributed by atoms with Crippen LogP contribution in [0.25, 0.3) is 0 Å². The van der Waals surface area contributed by atoms with E-state index in [1.165, 1.54) is 77.0 Å². The molecule has 4 heteroatoms. The molecule has 1 aromatic heterocycles. The number of nitrogens with zero attached hydrogens (tertiary/aromatic N) is 2. The normalized spacial score (nSPS) is 11.1. The van der Waals surface area contributed by atoms with E-state index in [0.717, 1.165) is 13.0 Å². The molecule has 0 N–H and O–H groups in total. The number of carboxylic acids is 1. The summed E-state index contributed by atoms with van der Waals surface area (Å²) in [5.74, 6) is -0.842. The van der Waals surface area contributed by atoms with Crippen molar-refractivity contribution >= 4 is 5.97 Å². The lowest BCUT2D eigenvalue weighted by molar-refractivity contribution is -0.675. The van der Waals surface area contributed by atoms with E-state index in [9.17, 15) is 9.90 Å². The van der Waals surface area contributed by atoms with Crippen LogP contribution in [-0.4, -0.2) is 10.5 Å². The number of aromatic nitrogens is 2. The van der Waals surface area contributed by atoms with E-state index in [4.69, 9.17) is 0 Å². The highest BCUT2D eigenvalue weighted by Crippen LogP contribution is 2.12. The molecule has 0 aliphatic heterocycles. The van der Waals surface area contributed by atoms with Crippen LogP contribution in [0.5, 0.6) is 0 Å². The summed E-state index contributed by atoms with van der Waals surface area (Å²) in [5.41, 5.74) is 0. The summed E-state index contributed by atoms with van der Waals surface area (Å²) < 4.78 is 3.39. The fourth-order valence-corrected chi connectivity index (χ4v) is 3.27. The minimum atomic E-state index is -1.10. The lowest BCUT2D eigenvalue weighted by Gasteiger charge is -2.04. The molecule has 4 nitrogen and oxygen atoms in total. The third kappa shape index (κ3) is 8.51. The quantitative estimate of drug-likeness (QED) is 0.362. The number of carbonyl (C=O) groups is 1. The summed E-state index contributed by atoms with van der Waals surface area (Å²) in [5, 5.41) is 11.1. The van der Waals surface area contributed by atoms with E-state index in [2.05, 4.69) is 6.92 Å². The van der Waals surface area contributed by atoms with Gasteiger partial charge in [0.1, 0.15) is 12.4 Å². The highest BCUT2D eigenvalue weighted by molar-refractivity contribution is 5.79. The van der Waals surface area contributed by atoms with Crippen molar-refractivity contribution < 1.29 is 14.5 Å². The third-order valence-electron chi connectivity index (χ3n) is 4.76. The highest BCUT2D eigenvalue weighted by Gasteiger charge is 2.14. The van der Waals surface area contributed by atoms with Crippen molar-refractivity contribution in [2.75, 3.05) is 0 Å². The predicted molar refractivity (Wildman–Crippen MR) is 95.6 cm³/mol. The van der Waals surface area contributed by atoms with Gasteiger partial charge in [0, 0.05) is 0 Å². The molecule has 0 saturated carbocycles. The smallest absolute Gasteiger partial charge is 0.304 e. The van der Waals surface area contributed by atoms with E-state index >= 15 is 0 Å². The van der Waals surface area contributed by atoms with E-state index in [0.29, 0.717) is 0 Å². The average Bonchev–Trinajstić information content (AvgIpc) is 2.92. The van der Waals surface area contributed by atoms with Crippen molar-refractivity contribution in [1.82, 2.24) is 4.57 Å². The van der Waals surface area contributed by atoms with Gasteiger partial charge in [-0.05, 0) is 12.8 Å². The second-order valence-corrected chi connectivity index (χ2v) is 6.96. The summed E-state index contributed by atoms with van der Waals surface area (Å²) in [4.78, 5) is 11.1. The third-order valence-corrected chi connectivity index (χ3v) is 4.76. The number of aromatic carboxylic acids is 1. The molecule has 0 atom stereocenters. The number of unbranched alkanes of at least 4 members (excludes halogenated alkanes) is 12. The molecule has 1 heterocycles. The Balaban J connectivity index is 1.93. The Bertz CT molecular complexity index is 454. The number of carboxylic acid groups (broad SMARTS) is 1. The first kappa shape index (κ1) is 20.7. The molecule has 1 aromatic rings.